The molecule has 2 rings (SSSR count). The van der Waals surface area contributed by atoms with Gasteiger partial charge in [0.15, 0.2) is 0 Å². The zero-order chi connectivity index (χ0) is 13.3. The van der Waals surface area contributed by atoms with Crippen LogP contribution >= 0.6 is 0 Å². The topological polar surface area (TPSA) is 42.6 Å². The molecule has 1 N–H and O–H groups in total. The summed E-state index contributed by atoms with van der Waals surface area (Å²) in [5, 5.41) is 10.7. The maximum Gasteiger partial charge on any atom is 0.128 e. The van der Waals surface area contributed by atoms with E-state index in [1.807, 2.05) is 26.0 Å². The van der Waals surface area contributed by atoms with E-state index in [2.05, 4.69) is 0 Å². The number of ether oxygens (including phenoxy) is 1. The Bertz CT molecular complexity index is 539. The molecule has 1 unspecified atom stereocenters. The Morgan fingerprint density at radius 1 is 1.22 bits per heavy atom. The van der Waals surface area contributed by atoms with Crippen molar-refractivity contribution in [2.45, 2.75) is 26.4 Å². The monoisotopic (exact) mass is 246 g/mol. The predicted molar refractivity (Wildman–Crippen MR) is 69.8 cm³/mol. The third-order valence-corrected chi connectivity index (χ3v) is 3.49. The number of rotatable bonds is 3. The Labute approximate surface area is 107 Å². The van der Waals surface area contributed by atoms with E-state index in [-0.39, 0.29) is 0 Å². The predicted octanol–water partition coefficient (Wildman–Crippen LogP) is 3.16. The van der Waals surface area contributed by atoms with Crippen LogP contribution in [0.4, 0.5) is 0 Å². The van der Waals surface area contributed by atoms with Gasteiger partial charge in [-0.15, -0.1) is 0 Å². The van der Waals surface area contributed by atoms with Crippen LogP contribution in [-0.2, 0) is 5.60 Å². The minimum Gasteiger partial charge on any atom is -0.496 e. The zero-order valence-electron chi connectivity index (χ0n) is 11.2. The van der Waals surface area contributed by atoms with Crippen LogP contribution in [0, 0.1) is 13.8 Å². The minimum absolute atomic E-state index is 0.712. The summed E-state index contributed by atoms with van der Waals surface area (Å²) in [7, 11) is 1.62. The number of aryl methyl sites for hydroxylation is 1. The van der Waals surface area contributed by atoms with Crippen molar-refractivity contribution in [1.82, 2.24) is 0 Å². The molecular weight excluding hydrogens is 228 g/mol. The Morgan fingerprint density at radius 2 is 1.94 bits per heavy atom. The molecule has 2 aromatic rings. The molecule has 0 bridgehead atoms. The highest BCUT2D eigenvalue weighted by molar-refractivity contribution is 5.50. The molecule has 0 aliphatic heterocycles. The quantitative estimate of drug-likeness (QED) is 0.904. The van der Waals surface area contributed by atoms with E-state index in [4.69, 9.17) is 9.15 Å². The van der Waals surface area contributed by atoms with Crippen LogP contribution in [0.15, 0.2) is 35.1 Å². The Balaban J connectivity index is 2.61. The van der Waals surface area contributed by atoms with Gasteiger partial charge in [-0.25, -0.2) is 0 Å². The Kier molecular flexibility index (Phi) is 3.18. The van der Waals surface area contributed by atoms with Crippen LogP contribution < -0.4 is 4.74 Å². The second-order valence-electron chi connectivity index (χ2n) is 4.67. The fourth-order valence-corrected chi connectivity index (χ4v) is 2.13. The maximum absolute atomic E-state index is 10.7. The van der Waals surface area contributed by atoms with Gasteiger partial charge in [0.1, 0.15) is 11.4 Å². The fraction of sp³-hybridized carbons (Fsp3) is 0.333. The van der Waals surface area contributed by atoms with Gasteiger partial charge in [0.25, 0.3) is 0 Å². The van der Waals surface area contributed by atoms with E-state index in [1.165, 1.54) is 0 Å². The molecule has 96 valence electrons. The second kappa shape index (κ2) is 4.50. The van der Waals surface area contributed by atoms with Gasteiger partial charge in [0, 0.05) is 11.1 Å². The summed E-state index contributed by atoms with van der Waals surface area (Å²) in [6.07, 6.45) is 3.10. The molecule has 3 nitrogen and oxygen atoms in total. The summed E-state index contributed by atoms with van der Waals surface area (Å²) < 4.78 is 10.5. The maximum atomic E-state index is 10.7. The van der Waals surface area contributed by atoms with Crippen molar-refractivity contribution in [3.05, 3.63) is 53.0 Å². The summed E-state index contributed by atoms with van der Waals surface area (Å²) in [5.41, 5.74) is 2.51. The molecule has 0 radical (unpaired) electrons. The summed E-state index contributed by atoms with van der Waals surface area (Å²) >= 11 is 0. The number of methoxy groups -OCH3 is 1. The van der Waals surface area contributed by atoms with Crippen molar-refractivity contribution in [2.75, 3.05) is 7.11 Å². The number of hydrogen-bond acceptors (Lipinski definition) is 3. The number of hydrogen-bond donors (Lipinski definition) is 1. The van der Waals surface area contributed by atoms with Crippen LogP contribution in [0.2, 0.25) is 0 Å². The third-order valence-electron chi connectivity index (χ3n) is 3.49. The lowest BCUT2D eigenvalue weighted by Gasteiger charge is -2.26. The SMILES string of the molecule is COc1c(C(C)(O)c2ccoc2)ccc(C)c1C. The molecule has 0 saturated heterocycles. The lowest BCUT2D eigenvalue weighted by atomic mass is 9.87. The summed E-state index contributed by atoms with van der Waals surface area (Å²) in [5.74, 6) is 0.723. The van der Waals surface area contributed by atoms with Crippen LogP contribution in [0.5, 0.6) is 5.75 Å². The average Bonchev–Trinajstić information content (AvgIpc) is 2.86. The van der Waals surface area contributed by atoms with Crippen LogP contribution in [0.3, 0.4) is 0 Å². The zero-order valence-corrected chi connectivity index (χ0v) is 11.2. The molecule has 3 heteroatoms. The smallest absolute Gasteiger partial charge is 0.128 e. The number of benzene rings is 1. The van der Waals surface area contributed by atoms with Crippen molar-refractivity contribution in [3.8, 4) is 5.75 Å². The number of furan rings is 1. The highest BCUT2D eigenvalue weighted by Crippen LogP contribution is 2.38. The molecule has 0 amide bonds. The van der Waals surface area contributed by atoms with Gasteiger partial charge in [-0.05, 0) is 38.0 Å². The molecule has 0 fully saturated rings. The van der Waals surface area contributed by atoms with Crippen molar-refractivity contribution >= 4 is 0 Å². The van der Waals surface area contributed by atoms with Crippen molar-refractivity contribution in [1.29, 1.82) is 0 Å². The molecule has 0 aliphatic carbocycles. The normalized spacial score (nSPS) is 14.3. The first-order valence-corrected chi connectivity index (χ1v) is 5.88. The van der Waals surface area contributed by atoms with Crippen molar-refractivity contribution in [3.63, 3.8) is 0 Å². The van der Waals surface area contributed by atoms with Gasteiger partial charge >= 0.3 is 0 Å². The van der Waals surface area contributed by atoms with Crippen molar-refractivity contribution < 1.29 is 14.3 Å². The molecule has 0 spiro atoms. The summed E-state index contributed by atoms with van der Waals surface area (Å²) in [6.45, 7) is 5.75. The first-order valence-electron chi connectivity index (χ1n) is 5.88. The van der Waals surface area contributed by atoms with E-state index >= 15 is 0 Å². The van der Waals surface area contributed by atoms with Crippen LogP contribution in [0.25, 0.3) is 0 Å². The highest BCUT2D eigenvalue weighted by Gasteiger charge is 2.30. The lowest BCUT2D eigenvalue weighted by molar-refractivity contribution is 0.0981. The van der Waals surface area contributed by atoms with Gasteiger partial charge < -0.3 is 14.3 Å². The minimum atomic E-state index is -1.13. The molecular formula is C15H18O3. The molecule has 0 aliphatic rings. The van der Waals surface area contributed by atoms with E-state index in [0.29, 0.717) is 5.56 Å². The van der Waals surface area contributed by atoms with Crippen LogP contribution in [0.1, 0.15) is 29.2 Å². The van der Waals surface area contributed by atoms with Gasteiger partial charge in [0.2, 0.25) is 0 Å². The van der Waals surface area contributed by atoms with Gasteiger partial charge in [0.05, 0.1) is 19.6 Å². The lowest BCUT2D eigenvalue weighted by Crippen LogP contribution is -2.23. The van der Waals surface area contributed by atoms with Gasteiger partial charge in [-0.3, -0.25) is 0 Å². The van der Waals surface area contributed by atoms with E-state index in [0.717, 1.165) is 22.4 Å². The Morgan fingerprint density at radius 3 is 2.50 bits per heavy atom. The largest absolute Gasteiger partial charge is 0.496 e. The highest BCUT2D eigenvalue weighted by atomic mass is 16.5. The Hall–Kier alpha value is -1.74. The molecule has 1 aromatic carbocycles. The summed E-state index contributed by atoms with van der Waals surface area (Å²) in [4.78, 5) is 0. The van der Waals surface area contributed by atoms with E-state index < -0.39 is 5.60 Å². The van der Waals surface area contributed by atoms with E-state index in [1.54, 1.807) is 32.6 Å². The second-order valence-corrected chi connectivity index (χ2v) is 4.67. The molecule has 1 heterocycles. The van der Waals surface area contributed by atoms with Crippen LogP contribution in [-0.4, -0.2) is 12.2 Å². The van der Waals surface area contributed by atoms with Crippen molar-refractivity contribution in [2.24, 2.45) is 0 Å². The molecule has 1 atom stereocenters. The molecule has 1 aromatic heterocycles. The summed E-state index contributed by atoms with van der Waals surface area (Å²) in [6, 6.07) is 5.64. The first-order chi connectivity index (χ1) is 8.48. The first kappa shape index (κ1) is 12.7. The molecule has 18 heavy (non-hydrogen) atoms. The van der Waals surface area contributed by atoms with Gasteiger partial charge in [-0.1, -0.05) is 12.1 Å². The van der Waals surface area contributed by atoms with E-state index in [9.17, 15) is 5.11 Å². The molecule has 0 saturated carbocycles. The average molecular weight is 246 g/mol. The van der Waals surface area contributed by atoms with Gasteiger partial charge in [-0.2, -0.15) is 0 Å². The number of aliphatic hydroxyl groups is 1. The third kappa shape index (κ3) is 1.91. The standard InChI is InChI=1S/C15H18O3/c1-10-5-6-13(14(17-4)11(10)2)15(3,16)12-7-8-18-9-12/h5-9,16H,1-4H3. The fourth-order valence-electron chi connectivity index (χ4n) is 2.13.